The lowest BCUT2D eigenvalue weighted by molar-refractivity contribution is 0.0992. The van der Waals surface area contributed by atoms with Gasteiger partial charge in [-0.05, 0) is 49.4 Å². The second-order valence-electron chi connectivity index (χ2n) is 5.54. The van der Waals surface area contributed by atoms with Gasteiger partial charge in [-0.1, -0.05) is 11.6 Å². The van der Waals surface area contributed by atoms with Crippen molar-refractivity contribution in [3.05, 3.63) is 34.5 Å². The molecule has 2 aromatic rings. The number of aromatic nitrogens is 1. The number of pyridine rings is 1. The maximum absolute atomic E-state index is 8.74. The standard InChI is InChI=1S/C17H21ClN2O2/c18-12-5-6-16-14(11-12)17(19-7-9-22-10-8-21)13-3-1-2-4-15(13)20-16/h5-6,11,21H,1-4,7-10H2,(H,19,20). The molecule has 5 heteroatoms. The molecular weight excluding hydrogens is 300 g/mol. The molecule has 22 heavy (non-hydrogen) atoms. The predicted molar refractivity (Wildman–Crippen MR) is 89.8 cm³/mol. The number of benzene rings is 1. The zero-order valence-electron chi connectivity index (χ0n) is 12.6. The van der Waals surface area contributed by atoms with Gasteiger partial charge in [-0.25, -0.2) is 0 Å². The Balaban J connectivity index is 1.91. The van der Waals surface area contributed by atoms with Crippen LogP contribution in [0.2, 0.25) is 5.02 Å². The molecule has 0 bridgehead atoms. The van der Waals surface area contributed by atoms with E-state index >= 15 is 0 Å². The van der Waals surface area contributed by atoms with Gasteiger partial charge in [0.1, 0.15) is 0 Å². The predicted octanol–water partition coefficient (Wildman–Crippen LogP) is 3.19. The van der Waals surface area contributed by atoms with Crippen LogP contribution in [0.25, 0.3) is 10.9 Å². The van der Waals surface area contributed by atoms with Crippen molar-refractivity contribution in [2.75, 3.05) is 31.7 Å². The van der Waals surface area contributed by atoms with E-state index in [1.807, 2.05) is 18.2 Å². The quantitative estimate of drug-likeness (QED) is 0.803. The summed E-state index contributed by atoms with van der Waals surface area (Å²) in [4.78, 5) is 4.81. The van der Waals surface area contributed by atoms with Crippen LogP contribution in [0.1, 0.15) is 24.1 Å². The van der Waals surface area contributed by atoms with Gasteiger partial charge >= 0.3 is 0 Å². The molecule has 0 atom stereocenters. The number of halogens is 1. The molecule has 1 aliphatic rings. The van der Waals surface area contributed by atoms with Gasteiger partial charge in [0.25, 0.3) is 0 Å². The lowest BCUT2D eigenvalue weighted by Gasteiger charge is -2.21. The third kappa shape index (κ3) is 3.35. The number of aliphatic hydroxyl groups excluding tert-OH is 1. The summed E-state index contributed by atoms with van der Waals surface area (Å²) in [6.45, 7) is 1.71. The van der Waals surface area contributed by atoms with Gasteiger partial charge < -0.3 is 15.2 Å². The second-order valence-corrected chi connectivity index (χ2v) is 5.98. The normalized spacial score (nSPS) is 14.1. The first-order chi connectivity index (χ1) is 10.8. The second kappa shape index (κ2) is 7.27. The van der Waals surface area contributed by atoms with E-state index in [0.717, 1.165) is 34.5 Å². The van der Waals surface area contributed by atoms with Gasteiger partial charge in [0.2, 0.25) is 0 Å². The average molecular weight is 321 g/mol. The van der Waals surface area contributed by atoms with E-state index in [0.29, 0.717) is 19.8 Å². The monoisotopic (exact) mass is 320 g/mol. The van der Waals surface area contributed by atoms with Crippen LogP contribution in [0.3, 0.4) is 0 Å². The first kappa shape index (κ1) is 15.5. The molecule has 0 saturated heterocycles. The number of anilines is 1. The molecule has 2 N–H and O–H groups in total. The van der Waals surface area contributed by atoms with Crippen LogP contribution in [-0.4, -0.2) is 36.5 Å². The topological polar surface area (TPSA) is 54.4 Å². The first-order valence-corrected chi connectivity index (χ1v) is 8.21. The van der Waals surface area contributed by atoms with Crippen molar-refractivity contribution < 1.29 is 9.84 Å². The number of ether oxygens (including phenoxy) is 1. The molecule has 118 valence electrons. The minimum absolute atomic E-state index is 0.0587. The SMILES string of the molecule is OCCOCCNc1c2c(nc3ccc(Cl)cc13)CCCC2. The summed E-state index contributed by atoms with van der Waals surface area (Å²) < 4.78 is 5.33. The van der Waals surface area contributed by atoms with Crippen LogP contribution >= 0.6 is 11.6 Å². The molecular formula is C17H21ClN2O2. The van der Waals surface area contributed by atoms with Crippen LogP contribution in [-0.2, 0) is 17.6 Å². The summed E-state index contributed by atoms with van der Waals surface area (Å²) in [6.07, 6.45) is 4.52. The Morgan fingerprint density at radius 1 is 1.23 bits per heavy atom. The van der Waals surface area contributed by atoms with Crippen LogP contribution in [0.5, 0.6) is 0 Å². The van der Waals surface area contributed by atoms with Crippen LogP contribution < -0.4 is 5.32 Å². The highest BCUT2D eigenvalue weighted by Crippen LogP contribution is 2.34. The van der Waals surface area contributed by atoms with Gasteiger partial charge in [0.05, 0.1) is 25.3 Å². The van der Waals surface area contributed by atoms with E-state index in [9.17, 15) is 0 Å². The Morgan fingerprint density at radius 3 is 2.95 bits per heavy atom. The molecule has 1 aromatic heterocycles. The summed E-state index contributed by atoms with van der Waals surface area (Å²) in [6, 6.07) is 5.86. The summed E-state index contributed by atoms with van der Waals surface area (Å²) in [7, 11) is 0. The summed E-state index contributed by atoms with van der Waals surface area (Å²) >= 11 is 6.17. The molecule has 3 rings (SSSR count). The Morgan fingerprint density at radius 2 is 2.09 bits per heavy atom. The van der Waals surface area contributed by atoms with E-state index in [4.69, 9.17) is 26.4 Å². The number of aliphatic hydroxyl groups is 1. The summed E-state index contributed by atoms with van der Waals surface area (Å²) in [5.74, 6) is 0. The minimum atomic E-state index is 0.0587. The van der Waals surface area contributed by atoms with Crippen molar-refractivity contribution >= 4 is 28.2 Å². The average Bonchev–Trinajstić information content (AvgIpc) is 2.54. The van der Waals surface area contributed by atoms with Crippen molar-refractivity contribution in [1.82, 2.24) is 4.98 Å². The molecule has 0 saturated carbocycles. The van der Waals surface area contributed by atoms with E-state index in [2.05, 4.69) is 5.32 Å². The summed E-state index contributed by atoms with van der Waals surface area (Å²) in [5.41, 5.74) is 4.67. The highest BCUT2D eigenvalue weighted by molar-refractivity contribution is 6.31. The summed E-state index contributed by atoms with van der Waals surface area (Å²) in [5, 5.41) is 14.0. The van der Waals surface area contributed by atoms with E-state index in [-0.39, 0.29) is 6.61 Å². The lowest BCUT2D eigenvalue weighted by Crippen LogP contribution is -2.15. The van der Waals surface area contributed by atoms with Crippen molar-refractivity contribution in [3.8, 4) is 0 Å². The van der Waals surface area contributed by atoms with Gasteiger partial charge in [0.15, 0.2) is 0 Å². The fourth-order valence-electron chi connectivity index (χ4n) is 3.01. The van der Waals surface area contributed by atoms with Gasteiger partial charge in [-0.2, -0.15) is 0 Å². The van der Waals surface area contributed by atoms with Crippen molar-refractivity contribution in [1.29, 1.82) is 0 Å². The van der Waals surface area contributed by atoms with E-state index in [1.165, 1.54) is 24.1 Å². The van der Waals surface area contributed by atoms with E-state index in [1.54, 1.807) is 0 Å². The molecule has 0 amide bonds. The molecule has 4 nitrogen and oxygen atoms in total. The molecule has 0 aliphatic heterocycles. The number of aryl methyl sites for hydroxylation is 1. The molecule has 0 spiro atoms. The Bertz CT molecular complexity index is 661. The zero-order chi connectivity index (χ0) is 15.4. The van der Waals surface area contributed by atoms with Gasteiger partial charge in [0, 0.05) is 28.3 Å². The lowest BCUT2D eigenvalue weighted by atomic mass is 9.92. The number of hydrogen-bond acceptors (Lipinski definition) is 4. The molecule has 1 heterocycles. The number of rotatable bonds is 6. The zero-order valence-corrected chi connectivity index (χ0v) is 13.3. The Hall–Kier alpha value is -1.36. The molecule has 0 unspecified atom stereocenters. The molecule has 1 aromatic carbocycles. The molecule has 0 radical (unpaired) electrons. The van der Waals surface area contributed by atoms with Crippen LogP contribution in [0, 0.1) is 0 Å². The van der Waals surface area contributed by atoms with Crippen LogP contribution in [0.15, 0.2) is 18.2 Å². The molecule has 1 aliphatic carbocycles. The number of nitrogens with zero attached hydrogens (tertiary/aromatic N) is 1. The fourth-order valence-corrected chi connectivity index (χ4v) is 3.18. The maximum Gasteiger partial charge on any atom is 0.0727 e. The first-order valence-electron chi connectivity index (χ1n) is 7.83. The number of nitrogens with one attached hydrogen (secondary N) is 1. The number of fused-ring (bicyclic) bond motifs is 2. The third-order valence-electron chi connectivity index (χ3n) is 4.01. The third-order valence-corrected chi connectivity index (χ3v) is 4.24. The van der Waals surface area contributed by atoms with Crippen molar-refractivity contribution in [2.45, 2.75) is 25.7 Å². The Kier molecular flexibility index (Phi) is 5.13. The smallest absolute Gasteiger partial charge is 0.0727 e. The van der Waals surface area contributed by atoms with Crippen LogP contribution in [0.4, 0.5) is 5.69 Å². The maximum atomic E-state index is 8.74. The highest BCUT2D eigenvalue weighted by Gasteiger charge is 2.18. The van der Waals surface area contributed by atoms with Gasteiger partial charge in [-0.3, -0.25) is 4.98 Å². The van der Waals surface area contributed by atoms with Crippen molar-refractivity contribution in [2.24, 2.45) is 0 Å². The van der Waals surface area contributed by atoms with Gasteiger partial charge in [-0.15, -0.1) is 0 Å². The fraction of sp³-hybridized carbons (Fsp3) is 0.471. The highest BCUT2D eigenvalue weighted by atomic mass is 35.5. The molecule has 0 fully saturated rings. The minimum Gasteiger partial charge on any atom is -0.394 e. The largest absolute Gasteiger partial charge is 0.394 e. The van der Waals surface area contributed by atoms with E-state index < -0.39 is 0 Å². The Labute approximate surface area is 135 Å². The van der Waals surface area contributed by atoms with Crippen molar-refractivity contribution in [3.63, 3.8) is 0 Å². The number of hydrogen-bond donors (Lipinski definition) is 2.